The number of unbranched alkanes of at least 4 members (excludes halogenated alkanes) is 3. The molecule has 0 aliphatic heterocycles. The van der Waals surface area contributed by atoms with Gasteiger partial charge in [-0.3, -0.25) is 0 Å². The topological polar surface area (TPSA) is 3.24 Å². The highest BCUT2D eigenvalue weighted by Crippen LogP contribution is 2.10. The van der Waals surface area contributed by atoms with E-state index in [2.05, 4.69) is 51.9 Å². The first kappa shape index (κ1) is 16.4. The second-order valence-electron chi connectivity index (χ2n) is 5.37. The van der Waals surface area contributed by atoms with Gasteiger partial charge in [-0.15, -0.1) is 0 Å². The summed E-state index contributed by atoms with van der Waals surface area (Å²) in [6, 6.07) is 0. The monoisotopic (exact) mass is 237 g/mol. The second kappa shape index (κ2) is 10.6. The van der Waals surface area contributed by atoms with Crippen molar-refractivity contribution in [2.24, 2.45) is 0 Å². The third-order valence-electron chi connectivity index (χ3n) is 2.90. The van der Waals surface area contributed by atoms with Crippen LogP contribution in [0.1, 0.15) is 59.3 Å². The van der Waals surface area contributed by atoms with Crippen molar-refractivity contribution in [1.82, 2.24) is 4.90 Å². The predicted octanol–water partition coefficient (Wildman–Crippen LogP) is 4.80. The van der Waals surface area contributed by atoms with E-state index in [9.17, 15) is 0 Å². The van der Waals surface area contributed by atoms with E-state index in [1.807, 2.05) is 0 Å². The first-order valence-corrected chi connectivity index (χ1v) is 7.02. The SMILES string of the molecule is CCCCC/C=C(/C)CC/C=C(\C)CN(C)C. The van der Waals surface area contributed by atoms with Gasteiger partial charge in [-0.25, -0.2) is 0 Å². The highest BCUT2D eigenvalue weighted by molar-refractivity contribution is 5.04. The second-order valence-corrected chi connectivity index (χ2v) is 5.37. The van der Waals surface area contributed by atoms with Gasteiger partial charge >= 0.3 is 0 Å². The van der Waals surface area contributed by atoms with Crippen LogP contribution in [0.25, 0.3) is 0 Å². The van der Waals surface area contributed by atoms with Crippen molar-refractivity contribution < 1.29 is 0 Å². The molecule has 0 spiro atoms. The number of nitrogens with zero attached hydrogens (tertiary/aromatic N) is 1. The Morgan fingerprint density at radius 1 is 0.941 bits per heavy atom. The number of allylic oxidation sites excluding steroid dienone is 3. The molecule has 17 heavy (non-hydrogen) atoms. The number of likely N-dealkylation sites (N-methyl/N-ethyl adjacent to an activating group) is 1. The first-order valence-electron chi connectivity index (χ1n) is 7.02. The summed E-state index contributed by atoms with van der Waals surface area (Å²) in [5, 5.41) is 0. The van der Waals surface area contributed by atoms with E-state index in [4.69, 9.17) is 0 Å². The molecule has 0 heterocycles. The summed E-state index contributed by atoms with van der Waals surface area (Å²) in [4.78, 5) is 2.22. The average molecular weight is 237 g/mol. The van der Waals surface area contributed by atoms with Crippen molar-refractivity contribution in [1.29, 1.82) is 0 Å². The Labute approximate surface area is 109 Å². The molecule has 0 aliphatic carbocycles. The summed E-state index contributed by atoms with van der Waals surface area (Å²) in [7, 11) is 4.24. The van der Waals surface area contributed by atoms with Gasteiger partial charge in [0.25, 0.3) is 0 Å². The van der Waals surface area contributed by atoms with E-state index < -0.39 is 0 Å². The average Bonchev–Trinajstić information content (AvgIpc) is 2.23. The molecule has 0 aliphatic rings. The van der Waals surface area contributed by atoms with E-state index in [1.54, 1.807) is 5.57 Å². The molecule has 100 valence electrons. The Morgan fingerprint density at radius 3 is 2.18 bits per heavy atom. The minimum Gasteiger partial charge on any atom is -0.305 e. The van der Waals surface area contributed by atoms with Gasteiger partial charge in [-0.2, -0.15) is 0 Å². The minimum atomic E-state index is 1.08. The molecule has 0 aromatic rings. The fourth-order valence-corrected chi connectivity index (χ4v) is 1.95. The van der Waals surface area contributed by atoms with Crippen LogP contribution in [0.3, 0.4) is 0 Å². The maximum Gasteiger partial charge on any atom is 0.0183 e. The molecule has 0 fully saturated rings. The van der Waals surface area contributed by atoms with Crippen molar-refractivity contribution in [3.8, 4) is 0 Å². The molecule has 0 rings (SSSR count). The van der Waals surface area contributed by atoms with Crippen LogP contribution in [0.2, 0.25) is 0 Å². The van der Waals surface area contributed by atoms with Gasteiger partial charge in [0.15, 0.2) is 0 Å². The van der Waals surface area contributed by atoms with Crippen LogP contribution >= 0.6 is 0 Å². The van der Waals surface area contributed by atoms with E-state index in [-0.39, 0.29) is 0 Å². The van der Waals surface area contributed by atoms with Crippen LogP contribution in [0, 0.1) is 0 Å². The first-order chi connectivity index (χ1) is 8.06. The molecule has 0 amide bonds. The van der Waals surface area contributed by atoms with Crippen LogP contribution in [-0.2, 0) is 0 Å². The largest absolute Gasteiger partial charge is 0.305 e. The predicted molar refractivity (Wildman–Crippen MR) is 79.4 cm³/mol. The minimum absolute atomic E-state index is 1.08. The van der Waals surface area contributed by atoms with Gasteiger partial charge in [0.1, 0.15) is 0 Å². The smallest absolute Gasteiger partial charge is 0.0183 e. The van der Waals surface area contributed by atoms with Crippen LogP contribution in [0.5, 0.6) is 0 Å². The Hall–Kier alpha value is -0.560. The molecule has 0 aromatic carbocycles. The lowest BCUT2D eigenvalue weighted by molar-refractivity contribution is 0.444. The lowest BCUT2D eigenvalue weighted by Gasteiger charge is -2.09. The van der Waals surface area contributed by atoms with Gasteiger partial charge in [0.05, 0.1) is 0 Å². The quantitative estimate of drug-likeness (QED) is 0.411. The summed E-state index contributed by atoms with van der Waals surface area (Å²) in [5.74, 6) is 0. The Morgan fingerprint density at radius 2 is 1.59 bits per heavy atom. The third-order valence-corrected chi connectivity index (χ3v) is 2.90. The number of hydrogen-bond donors (Lipinski definition) is 0. The van der Waals surface area contributed by atoms with Crippen molar-refractivity contribution in [3.63, 3.8) is 0 Å². The molecule has 0 radical (unpaired) electrons. The highest BCUT2D eigenvalue weighted by Gasteiger charge is 1.93. The fourth-order valence-electron chi connectivity index (χ4n) is 1.95. The molecule has 0 saturated carbocycles. The normalized spacial score (nSPS) is 13.5. The summed E-state index contributed by atoms with van der Waals surface area (Å²) in [5.41, 5.74) is 3.03. The molecular formula is C16H31N. The maximum atomic E-state index is 2.42. The van der Waals surface area contributed by atoms with Gasteiger partial charge in [-0.05, 0) is 53.6 Å². The summed E-state index contributed by atoms with van der Waals surface area (Å²) >= 11 is 0. The number of rotatable bonds is 9. The summed E-state index contributed by atoms with van der Waals surface area (Å²) in [6.07, 6.45) is 12.5. The van der Waals surface area contributed by atoms with E-state index in [1.165, 1.54) is 44.1 Å². The zero-order valence-electron chi connectivity index (χ0n) is 12.6. The van der Waals surface area contributed by atoms with Crippen molar-refractivity contribution in [3.05, 3.63) is 23.3 Å². The van der Waals surface area contributed by atoms with E-state index >= 15 is 0 Å². The molecule has 1 nitrogen and oxygen atoms in total. The zero-order chi connectivity index (χ0) is 13.1. The molecule has 0 bridgehead atoms. The van der Waals surface area contributed by atoms with Crippen LogP contribution < -0.4 is 0 Å². The molecule has 0 atom stereocenters. The van der Waals surface area contributed by atoms with Crippen LogP contribution in [0.4, 0.5) is 0 Å². The Balaban J connectivity index is 3.72. The lowest BCUT2D eigenvalue weighted by Crippen LogP contribution is -2.13. The number of hydrogen-bond acceptors (Lipinski definition) is 1. The molecular weight excluding hydrogens is 206 g/mol. The fraction of sp³-hybridized carbons (Fsp3) is 0.750. The van der Waals surface area contributed by atoms with Gasteiger partial charge in [0.2, 0.25) is 0 Å². The summed E-state index contributed by atoms with van der Waals surface area (Å²) in [6.45, 7) is 7.83. The van der Waals surface area contributed by atoms with Crippen LogP contribution in [-0.4, -0.2) is 25.5 Å². The van der Waals surface area contributed by atoms with E-state index in [0.717, 1.165) is 6.54 Å². The van der Waals surface area contributed by atoms with Gasteiger partial charge in [-0.1, -0.05) is 43.1 Å². The molecule has 1 heteroatoms. The van der Waals surface area contributed by atoms with Crippen molar-refractivity contribution >= 4 is 0 Å². The molecule has 0 aromatic heterocycles. The Bertz CT molecular complexity index is 236. The van der Waals surface area contributed by atoms with E-state index in [0.29, 0.717) is 0 Å². The lowest BCUT2D eigenvalue weighted by atomic mass is 10.1. The highest BCUT2D eigenvalue weighted by atomic mass is 15.0. The standard InChI is InChI=1S/C16H31N/c1-6-7-8-9-11-15(2)12-10-13-16(3)14-17(4)5/h11,13H,6-10,12,14H2,1-5H3/b15-11-,16-13+. The Kier molecular flexibility index (Phi) is 10.2. The molecule has 0 N–H and O–H groups in total. The van der Waals surface area contributed by atoms with Gasteiger partial charge in [0, 0.05) is 6.54 Å². The molecule has 0 unspecified atom stereocenters. The third kappa shape index (κ3) is 11.7. The molecule has 0 saturated heterocycles. The maximum absolute atomic E-state index is 2.42. The van der Waals surface area contributed by atoms with Gasteiger partial charge < -0.3 is 4.90 Å². The van der Waals surface area contributed by atoms with Crippen LogP contribution in [0.15, 0.2) is 23.3 Å². The van der Waals surface area contributed by atoms with Crippen molar-refractivity contribution in [2.45, 2.75) is 59.3 Å². The zero-order valence-corrected chi connectivity index (χ0v) is 12.6. The summed E-state index contributed by atoms with van der Waals surface area (Å²) < 4.78 is 0. The van der Waals surface area contributed by atoms with Crippen molar-refractivity contribution in [2.75, 3.05) is 20.6 Å².